The average molecular weight is 453 g/mol. The number of halogens is 3. The lowest BCUT2D eigenvalue weighted by Crippen LogP contribution is -2.51. The van der Waals surface area contributed by atoms with Crippen LogP contribution >= 0.6 is 11.6 Å². The summed E-state index contributed by atoms with van der Waals surface area (Å²) < 4.78 is 36.0. The van der Waals surface area contributed by atoms with Crippen LogP contribution in [0.1, 0.15) is 27.5 Å². The molecule has 0 N–H and O–H groups in total. The Bertz CT molecular complexity index is 914. The maximum absolute atomic E-state index is 12.9. The van der Waals surface area contributed by atoms with Crippen molar-refractivity contribution in [2.75, 3.05) is 33.3 Å². The Balaban J connectivity index is 1.80. The quantitative estimate of drug-likeness (QED) is 0.608. The van der Waals surface area contributed by atoms with Gasteiger partial charge in [0, 0.05) is 19.6 Å². The number of alkyl halides is 2. The highest BCUT2D eigenvalue weighted by atomic mass is 35.5. The van der Waals surface area contributed by atoms with Gasteiger partial charge in [0.2, 0.25) is 0 Å². The summed E-state index contributed by atoms with van der Waals surface area (Å²) in [5.41, 5.74) is 1.65. The summed E-state index contributed by atoms with van der Waals surface area (Å²) in [6, 6.07) is 13.4. The van der Waals surface area contributed by atoms with Gasteiger partial charge in [-0.3, -0.25) is 9.80 Å². The number of piperazine rings is 1. The standard InChI is InChI=1S/C22H23ClF2N2O4/c1-30-21(28)17-8-7-16(11-18(17)23)19-12-26(13-20(24)25)9-10-27(19)22(29)31-14-15-5-3-2-4-6-15/h2-8,11,19-20H,9-10,12-14H2,1H3. The van der Waals surface area contributed by atoms with E-state index in [2.05, 4.69) is 0 Å². The lowest BCUT2D eigenvalue weighted by Gasteiger charge is -2.41. The van der Waals surface area contributed by atoms with Crippen LogP contribution < -0.4 is 0 Å². The molecule has 2 aromatic carbocycles. The molecule has 1 saturated heterocycles. The molecular weight excluding hydrogens is 430 g/mol. The number of methoxy groups -OCH3 is 1. The Morgan fingerprint density at radius 3 is 2.55 bits per heavy atom. The summed E-state index contributed by atoms with van der Waals surface area (Å²) in [5.74, 6) is -0.585. The molecule has 1 aliphatic rings. The second kappa shape index (κ2) is 10.5. The molecule has 1 heterocycles. The molecule has 1 atom stereocenters. The van der Waals surface area contributed by atoms with E-state index in [0.717, 1.165) is 5.56 Å². The first-order chi connectivity index (χ1) is 14.9. The fourth-order valence-corrected chi connectivity index (χ4v) is 3.79. The first-order valence-electron chi connectivity index (χ1n) is 9.74. The number of carbonyl (C=O) groups is 2. The number of nitrogens with zero attached hydrogens (tertiary/aromatic N) is 2. The van der Waals surface area contributed by atoms with Crippen molar-refractivity contribution in [2.45, 2.75) is 19.1 Å². The number of carbonyl (C=O) groups excluding carboxylic acids is 2. The topological polar surface area (TPSA) is 59.1 Å². The molecule has 2 aromatic rings. The van der Waals surface area contributed by atoms with E-state index in [9.17, 15) is 18.4 Å². The molecule has 0 aliphatic carbocycles. The van der Waals surface area contributed by atoms with E-state index in [1.165, 1.54) is 18.1 Å². The van der Waals surface area contributed by atoms with Crippen LogP contribution in [0.5, 0.6) is 0 Å². The highest BCUT2D eigenvalue weighted by molar-refractivity contribution is 6.33. The zero-order valence-corrected chi connectivity index (χ0v) is 17.7. The van der Waals surface area contributed by atoms with Gasteiger partial charge in [-0.25, -0.2) is 18.4 Å². The Kier molecular flexibility index (Phi) is 7.81. The number of amides is 1. The molecule has 31 heavy (non-hydrogen) atoms. The largest absolute Gasteiger partial charge is 0.465 e. The number of esters is 1. The summed E-state index contributed by atoms with van der Waals surface area (Å²) >= 11 is 6.24. The molecule has 1 amide bonds. The first kappa shape index (κ1) is 23.0. The van der Waals surface area contributed by atoms with Crippen molar-refractivity contribution in [1.29, 1.82) is 0 Å². The van der Waals surface area contributed by atoms with Crippen molar-refractivity contribution in [3.63, 3.8) is 0 Å². The third-order valence-electron chi connectivity index (χ3n) is 5.08. The molecule has 0 radical (unpaired) electrons. The summed E-state index contributed by atoms with van der Waals surface area (Å²) in [7, 11) is 1.25. The second-order valence-corrected chi connectivity index (χ2v) is 7.54. The van der Waals surface area contributed by atoms with Crippen molar-refractivity contribution in [2.24, 2.45) is 0 Å². The van der Waals surface area contributed by atoms with Gasteiger partial charge in [-0.15, -0.1) is 0 Å². The molecule has 6 nitrogen and oxygen atoms in total. The molecule has 1 aliphatic heterocycles. The van der Waals surface area contributed by atoms with Crippen molar-refractivity contribution in [1.82, 2.24) is 9.80 Å². The highest BCUT2D eigenvalue weighted by Gasteiger charge is 2.34. The van der Waals surface area contributed by atoms with Crippen LogP contribution in [0.15, 0.2) is 48.5 Å². The molecule has 1 unspecified atom stereocenters. The number of ether oxygens (including phenoxy) is 2. The normalized spacial score (nSPS) is 16.9. The van der Waals surface area contributed by atoms with E-state index in [4.69, 9.17) is 21.1 Å². The molecule has 0 saturated carbocycles. The molecule has 0 aromatic heterocycles. The molecule has 9 heteroatoms. The number of rotatable bonds is 6. The van der Waals surface area contributed by atoms with Gasteiger partial charge in [-0.2, -0.15) is 0 Å². The van der Waals surface area contributed by atoms with Gasteiger partial charge in [0.05, 0.1) is 30.3 Å². The summed E-state index contributed by atoms with van der Waals surface area (Å²) in [4.78, 5) is 27.7. The maximum atomic E-state index is 12.9. The minimum atomic E-state index is -2.48. The Morgan fingerprint density at radius 1 is 1.16 bits per heavy atom. The average Bonchev–Trinajstić information content (AvgIpc) is 2.77. The van der Waals surface area contributed by atoms with E-state index >= 15 is 0 Å². The van der Waals surface area contributed by atoms with Gasteiger partial charge >= 0.3 is 12.1 Å². The van der Waals surface area contributed by atoms with Gasteiger partial charge in [0.1, 0.15) is 6.61 Å². The second-order valence-electron chi connectivity index (χ2n) is 7.13. The number of hydrogen-bond acceptors (Lipinski definition) is 5. The van der Waals surface area contributed by atoms with Crippen LogP contribution in [-0.2, 0) is 16.1 Å². The number of benzene rings is 2. The van der Waals surface area contributed by atoms with Gasteiger partial charge < -0.3 is 9.47 Å². The van der Waals surface area contributed by atoms with E-state index in [1.807, 2.05) is 30.3 Å². The van der Waals surface area contributed by atoms with E-state index in [-0.39, 0.29) is 30.3 Å². The number of hydrogen-bond donors (Lipinski definition) is 0. The molecule has 0 spiro atoms. The third-order valence-corrected chi connectivity index (χ3v) is 5.40. The molecule has 166 valence electrons. The molecule has 0 bridgehead atoms. The minimum Gasteiger partial charge on any atom is -0.465 e. The Hall–Kier alpha value is -2.71. The Labute approximate surface area is 184 Å². The monoisotopic (exact) mass is 452 g/mol. The van der Waals surface area contributed by atoms with E-state index in [0.29, 0.717) is 12.1 Å². The van der Waals surface area contributed by atoms with Gasteiger partial charge in [0.25, 0.3) is 6.43 Å². The van der Waals surface area contributed by atoms with Gasteiger partial charge in [0.15, 0.2) is 0 Å². The smallest absolute Gasteiger partial charge is 0.410 e. The fraction of sp³-hybridized carbons (Fsp3) is 0.364. The van der Waals surface area contributed by atoms with Crippen LogP contribution in [0.3, 0.4) is 0 Å². The zero-order chi connectivity index (χ0) is 22.4. The van der Waals surface area contributed by atoms with E-state index in [1.54, 1.807) is 17.0 Å². The van der Waals surface area contributed by atoms with Crippen molar-refractivity contribution in [3.05, 3.63) is 70.2 Å². The van der Waals surface area contributed by atoms with Crippen LogP contribution in [0.2, 0.25) is 5.02 Å². The fourth-order valence-electron chi connectivity index (χ4n) is 3.52. The van der Waals surface area contributed by atoms with Crippen LogP contribution in [0.4, 0.5) is 13.6 Å². The Morgan fingerprint density at radius 2 is 1.90 bits per heavy atom. The first-order valence-corrected chi connectivity index (χ1v) is 10.1. The molecular formula is C22H23ClF2N2O4. The zero-order valence-electron chi connectivity index (χ0n) is 17.0. The minimum absolute atomic E-state index is 0.103. The van der Waals surface area contributed by atoms with Crippen molar-refractivity contribution < 1.29 is 27.8 Å². The summed E-state index contributed by atoms with van der Waals surface area (Å²) in [6.07, 6.45) is -3.03. The molecule has 3 rings (SSSR count). The summed E-state index contributed by atoms with van der Waals surface area (Å²) in [6.45, 7) is 0.429. The third kappa shape index (κ3) is 5.92. The predicted octanol–water partition coefficient (Wildman–Crippen LogP) is 4.39. The van der Waals surface area contributed by atoms with E-state index < -0.39 is 31.1 Å². The highest BCUT2D eigenvalue weighted by Crippen LogP contribution is 2.30. The van der Waals surface area contributed by atoms with Crippen molar-refractivity contribution in [3.8, 4) is 0 Å². The van der Waals surface area contributed by atoms with Crippen molar-refractivity contribution >= 4 is 23.7 Å². The lowest BCUT2D eigenvalue weighted by molar-refractivity contribution is 0.0188. The van der Waals surface area contributed by atoms with Gasteiger partial charge in [-0.1, -0.05) is 48.0 Å². The van der Waals surface area contributed by atoms with Gasteiger partial charge in [-0.05, 0) is 23.3 Å². The van der Waals surface area contributed by atoms with Crippen LogP contribution in [0.25, 0.3) is 0 Å². The van der Waals surface area contributed by atoms with Crippen LogP contribution in [-0.4, -0.2) is 61.6 Å². The van der Waals surface area contributed by atoms with Crippen LogP contribution in [0, 0.1) is 0 Å². The lowest BCUT2D eigenvalue weighted by atomic mass is 10.0. The SMILES string of the molecule is COC(=O)c1ccc(C2CN(CC(F)F)CCN2C(=O)OCc2ccccc2)cc1Cl. The molecule has 1 fully saturated rings. The summed E-state index contributed by atoms with van der Waals surface area (Å²) in [5, 5.41) is 0.160. The predicted molar refractivity (Wildman–Crippen MR) is 111 cm³/mol. The maximum Gasteiger partial charge on any atom is 0.410 e.